The van der Waals surface area contributed by atoms with Crippen LogP contribution in [-0.2, 0) is 7.05 Å². The third-order valence-corrected chi connectivity index (χ3v) is 3.31. The molecule has 2 rings (SSSR count). The summed E-state index contributed by atoms with van der Waals surface area (Å²) in [5.74, 6) is 0. The van der Waals surface area contributed by atoms with E-state index in [0.717, 1.165) is 12.2 Å². The van der Waals surface area contributed by atoms with E-state index in [4.69, 9.17) is 0 Å². The molecule has 0 radical (unpaired) electrons. The zero-order valence-corrected chi connectivity index (χ0v) is 8.40. The Balaban J connectivity index is 2.45. The molecule has 1 aromatic rings. The maximum atomic E-state index is 4.36. The standard InChI is InChI=1S/C8H13N3S/c1-5-4-9-7-6(2)10-11(3)8(7)12-5/h5,9H,4H2,1-3H3. The summed E-state index contributed by atoms with van der Waals surface area (Å²) < 4.78 is 1.96. The highest BCUT2D eigenvalue weighted by Gasteiger charge is 2.21. The Kier molecular flexibility index (Phi) is 1.79. The summed E-state index contributed by atoms with van der Waals surface area (Å²) in [6.07, 6.45) is 0. The number of hydrogen-bond donors (Lipinski definition) is 1. The quantitative estimate of drug-likeness (QED) is 0.663. The minimum absolute atomic E-state index is 0.646. The summed E-state index contributed by atoms with van der Waals surface area (Å²) in [6.45, 7) is 5.32. The predicted octanol–water partition coefficient (Wildman–Crippen LogP) is 1.63. The van der Waals surface area contributed by atoms with Crippen molar-refractivity contribution < 1.29 is 0 Å². The molecule has 0 bridgehead atoms. The van der Waals surface area contributed by atoms with E-state index >= 15 is 0 Å². The van der Waals surface area contributed by atoms with E-state index in [1.165, 1.54) is 10.7 Å². The zero-order valence-electron chi connectivity index (χ0n) is 7.59. The number of aromatic nitrogens is 2. The predicted molar refractivity (Wildman–Crippen MR) is 51.8 cm³/mol. The molecule has 1 atom stereocenters. The second-order valence-corrected chi connectivity index (χ2v) is 4.63. The molecular formula is C8H13N3S. The van der Waals surface area contributed by atoms with Crippen molar-refractivity contribution in [1.29, 1.82) is 0 Å². The fourth-order valence-corrected chi connectivity index (χ4v) is 2.53. The molecule has 0 aliphatic carbocycles. The maximum Gasteiger partial charge on any atom is 0.117 e. The van der Waals surface area contributed by atoms with E-state index in [1.807, 2.05) is 30.4 Å². The van der Waals surface area contributed by atoms with Crippen LogP contribution in [0.2, 0.25) is 0 Å². The molecule has 3 nitrogen and oxygen atoms in total. The van der Waals surface area contributed by atoms with Crippen LogP contribution < -0.4 is 5.32 Å². The van der Waals surface area contributed by atoms with Crippen LogP contribution in [0.15, 0.2) is 5.03 Å². The molecule has 0 saturated heterocycles. The van der Waals surface area contributed by atoms with E-state index in [0.29, 0.717) is 5.25 Å². The molecule has 1 aromatic heterocycles. The molecule has 0 amide bonds. The number of aryl methyl sites for hydroxylation is 2. The van der Waals surface area contributed by atoms with E-state index < -0.39 is 0 Å². The van der Waals surface area contributed by atoms with Gasteiger partial charge in [-0.2, -0.15) is 5.10 Å². The Hall–Kier alpha value is -0.640. The molecule has 1 aliphatic rings. The lowest BCUT2D eigenvalue weighted by atomic mass is 10.3. The molecular weight excluding hydrogens is 170 g/mol. The van der Waals surface area contributed by atoms with Crippen molar-refractivity contribution in [2.75, 3.05) is 11.9 Å². The van der Waals surface area contributed by atoms with Gasteiger partial charge in [0.2, 0.25) is 0 Å². The van der Waals surface area contributed by atoms with Gasteiger partial charge in [-0.25, -0.2) is 0 Å². The number of nitrogens with one attached hydrogen (secondary N) is 1. The molecule has 0 fully saturated rings. The molecule has 1 N–H and O–H groups in total. The minimum Gasteiger partial charge on any atom is -0.380 e. The maximum absolute atomic E-state index is 4.36. The lowest BCUT2D eigenvalue weighted by molar-refractivity contribution is 0.689. The van der Waals surface area contributed by atoms with Crippen molar-refractivity contribution in [1.82, 2.24) is 9.78 Å². The molecule has 0 aromatic carbocycles. The first-order chi connectivity index (χ1) is 5.68. The van der Waals surface area contributed by atoms with Crippen LogP contribution in [-0.4, -0.2) is 21.6 Å². The summed E-state index contributed by atoms with van der Waals surface area (Å²) in [5, 5.41) is 9.67. The van der Waals surface area contributed by atoms with Crippen LogP contribution in [0.1, 0.15) is 12.6 Å². The lowest BCUT2D eigenvalue weighted by Gasteiger charge is -2.20. The molecule has 0 saturated carbocycles. The summed E-state index contributed by atoms with van der Waals surface area (Å²) in [4.78, 5) is 0. The molecule has 12 heavy (non-hydrogen) atoms. The van der Waals surface area contributed by atoms with Gasteiger partial charge >= 0.3 is 0 Å². The molecule has 4 heteroatoms. The van der Waals surface area contributed by atoms with Gasteiger partial charge in [-0.1, -0.05) is 18.7 Å². The summed E-state index contributed by atoms with van der Waals surface area (Å²) in [6, 6.07) is 0. The Labute approximate surface area is 76.5 Å². The van der Waals surface area contributed by atoms with Gasteiger partial charge in [-0.15, -0.1) is 0 Å². The van der Waals surface area contributed by atoms with E-state index in [1.54, 1.807) is 0 Å². The summed E-state index contributed by atoms with van der Waals surface area (Å²) in [5.41, 5.74) is 2.33. The van der Waals surface area contributed by atoms with Crippen LogP contribution in [0.25, 0.3) is 0 Å². The Bertz CT molecular complexity index is 305. The fraction of sp³-hybridized carbons (Fsp3) is 0.625. The van der Waals surface area contributed by atoms with Gasteiger partial charge in [-0.05, 0) is 6.92 Å². The first kappa shape index (κ1) is 7.98. The van der Waals surface area contributed by atoms with Gasteiger partial charge in [-0.3, -0.25) is 4.68 Å². The lowest BCUT2D eigenvalue weighted by Crippen LogP contribution is -2.18. The van der Waals surface area contributed by atoms with Crippen molar-refractivity contribution >= 4 is 17.4 Å². The number of fused-ring (bicyclic) bond motifs is 1. The number of nitrogens with zero attached hydrogens (tertiary/aromatic N) is 2. The summed E-state index contributed by atoms with van der Waals surface area (Å²) in [7, 11) is 2.00. The second-order valence-electron chi connectivity index (χ2n) is 3.20. The smallest absolute Gasteiger partial charge is 0.117 e. The van der Waals surface area contributed by atoms with Crippen molar-refractivity contribution in [2.24, 2.45) is 7.05 Å². The average molecular weight is 183 g/mol. The van der Waals surface area contributed by atoms with Crippen LogP contribution in [0.4, 0.5) is 5.69 Å². The molecule has 66 valence electrons. The molecule has 0 spiro atoms. The van der Waals surface area contributed by atoms with Crippen molar-refractivity contribution in [2.45, 2.75) is 24.1 Å². The molecule has 1 unspecified atom stereocenters. The second kappa shape index (κ2) is 2.69. The van der Waals surface area contributed by atoms with Crippen LogP contribution in [0.3, 0.4) is 0 Å². The van der Waals surface area contributed by atoms with Gasteiger partial charge in [0, 0.05) is 18.8 Å². The highest BCUT2D eigenvalue weighted by Crippen LogP contribution is 2.36. The van der Waals surface area contributed by atoms with Crippen molar-refractivity contribution in [3.63, 3.8) is 0 Å². The highest BCUT2D eigenvalue weighted by molar-refractivity contribution is 8.00. The van der Waals surface area contributed by atoms with Crippen LogP contribution in [0.5, 0.6) is 0 Å². The zero-order chi connectivity index (χ0) is 8.72. The minimum atomic E-state index is 0.646. The van der Waals surface area contributed by atoms with E-state index in [9.17, 15) is 0 Å². The van der Waals surface area contributed by atoms with Crippen LogP contribution >= 0.6 is 11.8 Å². The number of anilines is 1. The monoisotopic (exact) mass is 183 g/mol. The molecule has 1 aliphatic heterocycles. The van der Waals surface area contributed by atoms with Crippen LogP contribution in [0, 0.1) is 6.92 Å². The molecule has 2 heterocycles. The van der Waals surface area contributed by atoms with Crippen molar-refractivity contribution in [3.05, 3.63) is 5.69 Å². The third-order valence-electron chi connectivity index (χ3n) is 2.05. The Morgan fingerprint density at radius 1 is 1.67 bits per heavy atom. The third kappa shape index (κ3) is 1.10. The van der Waals surface area contributed by atoms with Gasteiger partial charge in [0.1, 0.15) is 5.03 Å². The topological polar surface area (TPSA) is 29.9 Å². The Morgan fingerprint density at radius 2 is 2.42 bits per heavy atom. The largest absolute Gasteiger partial charge is 0.380 e. The Morgan fingerprint density at radius 3 is 3.17 bits per heavy atom. The van der Waals surface area contributed by atoms with Gasteiger partial charge in [0.05, 0.1) is 11.4 Å². The summed E-state index contributed by atoms with van der Waals surface area (Å²) >= 11 is 1.90. The average Bonchev–Trinajstić information content (AvgIpc) is 2.28. The number of thioether (sulfide) groups is 1. The van der Waals surface area contributed by atoms with Gasteiger partial charge in [0.25, 0.3) is 0 Å². The first-order valence-corrected chi connectivity index (χ1v) is 5.00. The normalized spacial score (nSPS) is 21.8. The van der Waals surface area contributed by atoms with Gasteiger partial charge < -0.3 is 5.32 Å². The fourth-order valence-electron chi connectivity index (χ4n) is 1.45. The van der Waals surface area contributed by atoms with Gasteiger partial charge in [0.15, 0.2) is 0 Å². The van der Waals surface area contributed by atoms with E-state index in [-0.39, 0.29) is 0 Å². The van der Waals surface area contributed by atoms with E-state index in [2.05, 4.69) is 17.3 Å². The number of hydrogen-bond acceptors (Lipinski definition) is 3. The number of rotatable bonds is 0. The SMILES string of the molecule is Cc1nn(C)c2c1NCC(C)S2. The highest BCUT2D eigenvalue weighted by atomic mass is 32.2. The van der Waals surface area contributed by atoms with Crippen molar-refractivity contribution in [3.8, 4) is 0 Å². The first-order valence-electron chi connectivity index (χ1n) is 4.12.